The van der Waals surface area contributed by atoms with Crippen molar-refractivity contribution in [1.29, 1.82) is 0 Å². The van der Waals surface area contributed by atoms with Crippen molar-refractivity contribution >= 4 is 23.1 Å². The minimum absolute atomic E-state index is 0.161. The number of methoxy groups -OCH3 is 4. The first-order valence-corrected chi connectivity index (χ1v) is 12.1. The number of aromatic nitrogens is 1. The van der Waals surface area contributed by atoms with Gasteiger partial charge in [0.15, 0.2) is 17.5 Å². The fourth-order valence-corrected chi connectivity index (χ4v) is 4.46. The van der Waals surface area contributed by atoms with Crippen molar-refractivity contribution in [2.24, 2.45) is 5.73 Å². The molecule has 0 fully saturated rings. The van der Waals surface area contributed by atoms with Gasteiger partial charge >= 0.3 is 0 Å². The van der Waals surface area contributed by atoms with Gasteiger partial charge in [-0.05, 0) is 60.7 Å². The lowest BCUT2D eigenvalue weighted by Gasteiger charge is -2.15. The highest BCUT2D eigenvalue weighted by Gasteiger charge is 2.21. The number of anilines is 1. The standard InChI is InChI=1S/C25H32N4O5S/c1-31-20-9-8-15(11-19(20)28-25(30)18(27)7-5-6-10-26)17-14-35-29-23(17)16-12-21(32-2)24(34-4)22(13-16)33-3/h8-9,11-14,18H,5-7,10,26-27H2,1-4H3,(H,28,30)/p+1/t18-/m1/s1. The average Bonchev–Trinajstić information content (AvgIpc) is 3.37. The molecule has 10 heteroatoms. The van der Waals surface area contributed by atoms with E-state index in [9.17, 15) is 4.79 Å². The predicted molar refractivity (Wildman–Crippen MR) is 137 cm³/mol. The van der Waals surface area contributed by atoms with Gasteiger partial charge in [0, 0.05) is 22.9 Å². The summed E-state index contributed by atoms with van der Waals surface area (Å²) in [6.07, 6.45) is 2.39. The van der Waals surface area contributed by atoms with Crippen molar-refractivity contribution in [3.63, 3.8) is 0 Å². The highest BCUT2D eigenvalue weighted by atomic mass is 32.1. The molecule has 0 aliphatic rings. The van der Waals surface area contributed by atoms with Crippen molar-refractivity contribution in [2.45, 2.75) is 25.3 Å². The molecule has 2 aromatic carbocycles. The summed E-state index contributed by atoms with van der Waals surface area (Å²) in [5.74, 6) is 2.00. The molecule has 35 heavy (non-hydrogen) atoms. The number of nitrogens with one attached hydrogen (secondary N) is 1. The molecule has 0 saturated heterocycles. The molecule has 1 aromatic heterocycles. The number of rotatable bonds is 12. The Kier molecular flexibility index (Phi) is 9.30. The highest BCUT2D eigenvalue weighted by molar-refractivity contribution is 7.04. The molecule has 0 radical (unpaired) electrons. The number of hydrogen-bond acceptors (Lipinski definition) is 8. The van der Waals surface area contributed by atoms with Crippen molar-refractivity contribution in [1.82, 2.24) is 4.37 Å². The van der Waals surface area contributed by atoms with Gasteiger partial charge in [0.2, 0.25) is 5.75 Å². The molecule has 1 amide bonds. The van der Waals surface area contributed by atoms with Crippen LogP contribution in [-0.2, 0) is 4.79 Å². The van der Waals surface area contributed by atoms with Gasteiger partial charge in [-0.25, -0.2) is 0 Å². The van der Waals surface area contributed by atoms with E-state index in [1.165, 1.54) is 11.5 Å². The Morgan fingerprint density at radius 1 is 1.00 bits per heavy atom. The average molecular weight is 502 g/mol. The minimum Gasteiger partial charge on any atom is -0.495 e. The number of hydrogen-bond donors (Lipinski definition) is 3. The molecule has 0 aliphatic carbocycles. The summed E-state index contributed by atoms with van der Waals surface area (Å²) < 4.78 is 26.6. The van der Waals surface area contributed by atoms with Crippen LogP contribution in [0.25, 0.3) is 22.4 Å². The van der Waals surface area contributed by atoms with Gasteiger partial charge in [0.05, 0.1) is 39.8 Å². The Hall–Kier alpha value is -3.34. The summed E-state index contributed by atoms with van der Waals surface area (Å²) >= 11 is 1.34. The normalized spacial score (nSPS) is 11.6. The van der Waals surface area contributed by atoms with Crippen LogP contribution in [0.1, 0.15) is 19.3 Å². The maximum absolute atomic E-state index is 12.8. The first kappa shape index (κ1) is 26.3. The summed E-state index contributed by atoms with van der Waals surface area (Å²) in [4.78, 5) is 12.8. The topological polar surface area (TPSA) is 133 Å². The molecule has 6 N–H and O–H groups in total. The smallest absolute Gasteiger partial charge is 0.282 e. The SMILES string of the molecule is COc1ccc(-c2csnc2-c2cc(OC)c(OC)c(OC)c2)cc1NC(=O)[C@H]([NH3+])CCCCN. The van der Waals surface area contributed by atoms with E-state index in [-0.39, 0.29) is 11.9 Å². The van der Waals surface area contributed by atoms with E-state index in [2.05, 4.69) is 15.4 Å². The predicted octanol–water partition coefficient (Wildman–Crippen LogP) is 3.19. The van der Waals surface area contributed by atoms with Gasteiger partial charge < -0.3 is 35.7 Å². The summed E-state index contributed by atoms with van der Waals surface area (Å²) in [5.41, 5.74) is 13.5. The van der Waals surface area contributed by atoms with Crippen molar-refractivity contribution in [2.75, 3.05) is 40.3 Å². The summed E-state index contributed by atoms with van der Waals surface area (Å²) in [6.45, 7) is 0.604. The van der Waals surface area contributed by atoms with Gasteiger partial charge in [-0.3, -0.25) is 4.79 Å². The van der Waals surface area contributed by atoms with Gasteiger partial charge in [-0.2, -0.15) is 4.37 Å². The number of nitrogens with two attached hydrogens (primary N) is 1. The Labute approximate surface area is 209 Å². The van der Waals surface area contributed by atoms with Gasteiger partial charge in [-0.1, -0.05) is 6.07 Å². The molecule has 0 saturated carbocycles. The molecule has 1 heterocycles. The Morgan fingerprint density at radius 2 is 1.69 bits per heavy atom. The summed E-state index contributed by atoms with van der Waals surface area (Å²) in [5, 5.41) is 4.93. The van der Waals surface area contributed by atoms with Crippen LogP contribution in [0, 0.1) is 0 Å². The number of quaternary nitrogens is 1. The van der Waals surface area contributed by atoms with Crippen LogP contribution >= 0.6 is 11.5 Å². The number of benzene rings is 2. The molecule has 9 nitrogen and oxygen atoms in total. The largest absolute Gasteiger partial charge is 0.495 e. The summed E-state index contributed by atoms with van der Waals surface area (Å²) in [6, 6.07) is 8.99. The van der Waals surface area contributed by atoms with Crippen LogP contribution in [-0.4, -0.2) is 51.3 Å². The van der Waals surface area contributed by atoms with Crippen LogP contribution in [0.2, 0.25) is 0 Å². The second-order valence-corrected chi connectivity index (χ2v) is 8.51. The lowest BCUT2D eigenvalue weighted by Crippen LogP contribution is -2.66. The third-order valence-electron chi connectivity index (χ3n) is 5.65. The van der Waals surface area contributed by atoms with E-state index in [0.29, 0.717) is 41.7 Å². The third-order valence-corrected chi connectivity index (χ3v) is 6.28. The molecule has 0 spiro atoms. The molecule has 0 aliphatic heterocycles. The lowest BCUT2D eigenvalue weighted by atomic mass is 10.0. The van der Waals surface area contributed by atoms with Gasteiger partial charge in [0.25, 0.3) is 5.91 Å². The highest BCUT2D eigenvalue weighted by Crippen LogP contribution is 2.44. The van der Waals surface area contributed by atoms with Crippen molar-refractivity contribution < 1.29 is 29.5 Å². The maximum Gasteiger partial charge on any atom is 0.282 e. The zero-order chi connectivity index (χ0) is 25.4. The van der Waals surface area contributed by atoms with E-state index in [1.807, 2.05) is 35.7 Å². The molecule has 188 valence electrons. The van der Waals surface area contributed by atoms with Crippen LogP contribution in [0.3, 0.4) is 0 Å². The Bertz CT molecular complexity index is 1130. The number of amides is 1. The van der Waals surface area contributed by atoms with Crippen LogP contribution in [0.15, 0.2) is 35.7 Å². The van der Waals surface area contributed by atoms with Crippen LogP contribution in [0.5, 0.6) is 23.0 Å². The van der Waals surface area contributed by atoms with E-state index in [0.717, 1.165) is 35.2 Å². The molecule has 3 aromatic rings. The first-order chi connectivity index (χ1) is 17.0. The molecule has 0 bridgehead atoms. The number of ether oxygens (including phenoxy) is 4. The molecule has 0 unspecified atom stereocenters. The van der Waals surface area contributed by atoms with Crippen LogP contribution < -0.4 is 35.7 Å². The zero-order valence-corrected chi connectivity index (χ0v) is 21.4. The van der Waals surface area contributed by atoms with E-state index in [4.69, 9.17) is 24.7 Å². The quantitative estimate of drug-likeness (QED) is 0.325. The van der Waals surface area contributed by atoms with E-state index in [1.54, 1.807) is 28.4 Å². The lowest BCUT2D eigenvalue weighted by molar-refractivity contribution is -0.404. The van der Waals surface area contributed by atoms with Gasteiger partial charge in [-0.15, -0.1) is 0 Å². The number of unbranched alkanes of at least 4 members (excludes halogenated alkanes) is 1. The third kappa shape index (κ3) is 6.02. The number of carbonyl (C=O) groups is 1. The molecule has 3 rings (SSSR count). The van der Waals surface area contributed by atoms with Crippen molar-refractivity contribution in [3.05, 3.63) is 35.7 Å². The Balaban J connectivity index is 1.96. The molecule has 1 atom stereocenters. The number of nitrogens with zero attached hydrogens (tertiary/aromatic N) is 1. The minimum atomic E-state index is -0.382. The second-order valence-electron chi connectivity index (χ2n) is 7.88. The first-order valence-electron chi connectivity index (χ1n) is 11.2. The fraction of sp³-hybridized carbons (Fsp3) is 0.360. The van der Waals surface area contributed by atoms with E-state index >= 15 is 0 Å². The Morgan fingerprint density at radius 3 is 2.29 bits per heavy atom. The monoisotopic (exact) mass is 501 g/mol. The van der Waals surface area contributed by atoms with Gasteiger partial charge in [0.1, 0.15) is 5.75 Å². The fourth-order valence-electron chi connectivity index (χ4n) is 3.74. The van der Waals surface area contributed by atoms with Crippen molar-refractivity contribution in [3.8, 4) is 45.4 Å². The zero-order valence-electron chi connectivity index (χ0n) is 20.6. The van der Waals surface area contributed by atoms with E-state index < -0.39 is 0 Å². The molecular weight excluding hydrogens is 468 g/mol. The number of carbonyl (C=O) groups excluding carboxylic acids is 1. The maximum atomic E-state index is 12.8. The molecular formula is C25H33N4O5S+. The van der Waals surface area contributed by atoms with Crippen LogP contribution in [0.4, 0.5) is 5.69 Å². The second kappa shape index (κ2) is 12.4. The summed E-state index contributed by atoms with van der Waals surface area (Å²) in [7, 11) is 6.29.